The van der Waals surface area contributed by atoms with Crippen molar-refractivity contribution in [1.82, 2.24) is 20.2 Å². The van der Waals surface area contributed by atoms with Crippen LogP contribution in [0.25, 0.3) is 0 Å². The zero-order chi connectivity index (χ0) is 14.5. The second kappa shape index (κ2) is 7.00. The van der Waals surface area contributed by atoms with Crippen LogP contribution >= 0.6 is 12.2 Å². The molecule has 1 N–H and O–H groups in total. The van der Waals surface area contributed by atoms with Gasteiger partial charge in [0.15, 0.2) is 5.11 Å². The molecule has 2 fully saturated rings. The highest BCUT2D eigenvalue weighted by atomic mass is 32.1. The summed E-state index contributed by atoms with van der Waals surface area (Å²) in [6, 6.07) is 1.84. The molecule has 114 valence electrons. The molecule has 7 heteroatoms. The smallest absolute Gasteiger partial charge is 0.225 e. The van der Waals surface area contributed by atoms with Gasteiger partial charge >= 0.3 is 0 Å². The van der Waals surface area contributed by atoms with E-state index >= 15 is 0 Å². The third kappa shape index (κ3) is 3.79. The molecule has 3 rings (SSSR count). The topological polar surface area (TPSA) is 53.5 Å². The summed E-state index contributed by atoms with van der Waals surface area (Å²) in [6.07, 6.45) is 6.18. The molecule has 0 unspecified atom stereocenters. The van der Waals surface area contributed by atoms with Crippen LogP contribution in [-0.4, -0.2) is 65.4 Å². The lowest BCUT2D eigenvalue weighted by Gasteiger charge is -2.36. The fourth-order valence-corrected chi connectivity index (χ4v) is 2.95. The maximum Gasteiger partial charge on any atom is 0.225 e. The zero-order valence-corrected chi connectivity index (χ0v) is 12.9. The third-order valence-electron chi connectivity index (χ3n) is 3.91. The highest BCUT2D eigenvalue weighted by Gasteiger charge is 2.21. The van der Waals surface area contributed by atoms with Gasteiger partial charge in [-0.05, 0) is 31.1 Å². The first-order valence-corrected chi connectivity index (χ1v) is 7.90. The Morgan fingerprint density at radius 1 is 1.29 bits per heavy atom. The minimum atomic E-state index is 0.321. The number of rotatable bonds is 3. The van der Waals surface area contributed by atoms with Crippen molar-refractivity contribution in [3.05, 3.63) is 18.5 Å². The number of nitrogens with zero attached hydrogens (tertiary/aromatic N) is 4. The van der Waals surface area contributed by atoms with Crippen molar-refractivity contribution in [3.63, 3.8) is 0 Å². The molecule has 0 radical (unpaired) electrons. The summed E-state index contributed by atoms with van der Waals surface area (Å²) in [5, 5.41) is 4.16. The molecule has 2 aliphatic heterocycles. The fraction of sp³-hybridized carbons (Fsp3) is 0.643. The minimum Gasteiger partial charge on any atom is -0.376 e. The van der Waals surface area contributed by atoms with Crippen LogP contribution in [0.3, 0.4) is 0 Å². The van der Waals surface area contributed by atoms with E-state index in [4.69, 9.17) is 17.0 Å². The number of hydrogen-bond donors (Lipinski definition) is 1. The van der Waals surface area contributed by atoms with Gasteiger partial charge in [0.05, 0.1) is 6.10 Å². The van der Waals surface area contributed by atoms with E-state index in [9.17, 15) is 0 Å². The van der Waals surface area contributed by atoms with Gasteiger partial charge in [-0.25, -0.2) is 9.97 Å². The highest BCUT2D eigenvalue weighted by Crippen LogP contribution is 2.12. The molecule has 21 heavy (non-hydrogen) atoms. The number of anilines is 1. The molecule has 3 heterocycles. The Morgan fingerprint density at radius 3 is 2.71 bits per heavy atom. The maximum absolute atomic E-state index is 5.60. The summed E-state index contributed by atoms with van der Waals surface area (Å²) in [5.74, 6) is 0.801. The van der Waals surface area contributed by atoms with Crippen molar-refractivity contribution >= 4 is 23.3 Å². The predicted molar refractivity (Wildman–Crippen MR) is 85.4 cm³/mol. The van der Waals surface area contributed by atoms with Gasteiger partial charge in [-0.1, -0.05) is 0 Å². The van der Waals surface area contributed by atoms with Crippen LogP contribution < -0.4 is 10.2 Å². The van der Waals surface area contributed by atoms with E-state index in [1.165, 1.54) is 0 Å². The fourth-order valence-electron chi connectivity index (χ4n) is 2.68. The Kier molecular flexibility index (Phi) is 4.82. The largest absolute Gasteiger partial charge is 0.376 e. The Labute approximate surface area is 130 Å². The van der Waals surface area contributed by atoms with E-state index in [2.05, 4.69) is 25.1 Å². The molecule has 2 saturated heterocycles. The van der Waals surface area contributed by atoms with Gasteiger partial charge in [-0.15, -0.1) is 0 Å². The van der Waals surface area contributed by atoms with Crippen molar-refractivity contribution in [2.75, 3.05) is 44.2 Å². The van der Waals surface area contributed by atoms with E-state index < -0.39 is 0 Å². The van der Waals surface area contributed by atoms with Crippen LogP contribution in [0.1, 0.15) is 12.8 Å². The summed E-state index contributed by atoms with van der Waals surface area (Å²) < 4.78 is 5.60. The van der Waals surface area contributed by atoms with Crippen LogP contribution in [-0.2, 0) is 4.74 Å². The molecule has 6 nitrogen and oxygen atoms in total. The average Bonchev–Trinajstić information content (AvgIpc) is 3.07. The van der Waals surface area contributed by atoms with Crippen molar-refractivity contribution in [1.29, 1.82) is 0 Å². The Morgan fingerprint density at radius 2 is 2.05 bits per heavy atom. The number of ether oxygens (including phenoxy) is 1. The van der Waals surface area contributed by atoms with Crippen LogP contribution in [0.15, 0.2) is 18.5 Å². The summed E-state index contributed by atoms with van der Waals surface area (Å²) in [6.45, 7) is 5.29. The molecule has 0 bridgehead atoms. The number of hydrogen-bond acceptors (Lipinski definition) is 5. The van der Waals surface area contributed by atoms with Crippen LogP contribution in [0.2, 0.25) is 0 Å². The second-order valence-corrected chi connectivity index (χ2v) is 5.73. The van der Waals surface area contributed by atoms with Gasteiger partial charge in [-0.3, -0.25) is 0 Å². The van der Waals surface area contributed by atoms with Crippen LogP contribution in [0.4, 0.5) is 5.95 Å². The lowest BCUT2D eigenvalue weighted by Crippen LogP contribution is -2.52. The van der Waals surface area contributed by atoms with E-state index in [-0.39, 0.29) is 0 Å². The molecule has 1 atom stereocenters. The lowest BCUT2D eigenvalue weighted by atomic mass is 10.2. The molecule has 1 aromatic heterocycles. The van der Waals surface area contributed by atoms with Crippen molar-refractivity contribution in [2.45, 2.75) is 18.9 Å². The van der Waals surface area contributed by atoms with Crippen molar-refractivity contribution in [3.8, 4) is 0 Å². The Balaban J connectivity index is 1.43. The number of nitrogens with one attached hydrogen (secondary N) is 1. The van der Waals surface area contributed by atoms with Crippen molar-refractivity contribution in [2.24, 2.45) is 0 Å². The monoisotopic (exact) mass is 307 g/mol. The van der Waals surface area contributed by atoms with Gasteiger partial charge in [0.1, 0.15) is 0 Å². The quantitative estimate of drug-likeness (QED) is 0.823. The van der Waals surface area contributed by atoms with Gasteiger partial charge < -0.3 is 19.9 Å². The van der Waals surface area contributed by atoms with E-state index in [0.29, 0.717) is 6.10 Å². The molecule has 0 aliphatic carbocycles. The highest BCUT2D eigenvalue weighted by molar-refractivity contribution is 7.80. The molecule has 0 spiro atoms. The SMILES string of the molecule is S=C(NC[C@H]1CCCO1)N1CCN(c2ncccn2)CC1. The summed E-state index contributed by atoms with van der Waals surface area (Å²) in [5.41, 5.74) is 0. The van der Waals surface area contributed by atoms with E-state index in [1.807, 2.05) is 6.07 Å². The Hall–Kier alpha value is -1.47. The molecular weight excluding hydrogens is 286 g/mol. The first kappa shape index (κ1) is 14.5. The van der Waals surface area contributed by atoms with Gasteiger partial charge in [0.25, 0.3) is 0 Å². The second-order valence-electron chi connectivity index (χ2n) is 5.34. The van der Waals surface area contributed by atoms with Crippen LogP contribution in [0.5, 0.6) is 0 Å². The first-order chi connectivity index (χ1) is 10.3. The number of thiocarbonyl (C=S) groups is 1. The van der Waals surface area contributed by atoms with Crippen molar-refractivity contribution < 1.29 is 4.74 Å². The molecule has 0 saturated carbocycles. The van der Waals surface area contributed by atoms with Gasteiger partial charge in [0, 0.05) is 51.7 Å². The average molecular weight is 307 g/mol. The lowest BCUT2D eigenvalue weighted by molar-refractivity contribution is 0.113. The zero-order valence-electron chi connectivity index (χ0n) is 12.1. The van der Waals surface area contributed by atoms with Crippen LogP contribution in [0, 0.1) is 0 Å². The number of aromatic nitrogens is 2. The standard InChI is InChI=1S/C14H21N5OS/c21-14(17-11-12-3-1-10-20-12)19-8-6-18(7-9-19)13-15-4-2-5-16-13/h2,4-5,12H,1,3,6-11H2,(H,17,21)/t12-/m1/s1. The minimum absolute atomic E-state index is 0.321. The summed E-state index contributed by atoms with van der Waals surface area (Å²) >= 11 is 5.47. The summed E-state index contributed by atoms with van der Waals surface area (Å²) in [4.78, 5) is 13.0. The van der Waals surface area contributed by atoms with E-state index in [1.54, 1.807) is 12.4 Å². The molecule has 2 aliphatic rings. The molecular formula is C14H21N5OS. The first-order valence-electron chi connectivity index (χ1n) is 7.49. The van der Waals surface area contributed by atoms with E-state index in [0.717, 1.165) is 63.2 Å². The molecule has 1 aromatic rings. The van der Waals surface area contributed by atoms with Gasteiger partial charge in [0.2, 0.25) is 5.95 Å². The number of piperazine rings is 1. The Bertz CT molecular complexity index is 458. The maximum atomic E-state index is 5.60. The molecule has 0 aromatic carbocycles. The summed E-state index contributed by atoms with van der Waals surface area (Å²) in [7, 11) is 0. The van der Waals surface area contributed by atoms with Gasteiger partial charge in [-0.2, -0.15) is 0 Å². The normalized spacial score (nSPS) is 22.4. The predicted octanol–water partition coefficient (Wildman–Crippen LogP) is 0.652. The molecule has 0 amide bonds. The third-order valence-corrected chi connectivity index (χ3v) is 4.31.